The van der Waals surface area contributed by atoms with Crippen molar-refractivity contribution in [2.45, 2.75) is 10.9 Å². The van der Waals surface area contributed by atoms with E-state index in [-0.39, 0.29) is 0 Å². The third-order valence-electron chi connectivity index (χ3n) is 3.39. The fourth-order valence-electron chi connectivity index (χ4n) is 2.22. The van der Waals surface area contributed by atoms with E-state index < -0.39 is 0 Å². The van der Waals surface area contributed by atoms with Crippen molar-refractivity contribution in [1.29, 1.82) is 0 Å². The van der Waals surface area contributed by atoms with Crippen molar-refractivity contribution in [2.75, 3.05) is 0 Å². The van der Waals surface area contributed by atoms with Crippen LogP contribution in [0.1, 0.15) is 5.89 Å². The lowest BCUT2D eigenvalue weighted by Gasteiger charge is -1.98. The number of aromatic amines is 1. The Morgan fingerprint density at radius 1 is 1.08 bits per heavy atom. The first-order chi connectivity index (χ1) is 12.3. The van der Waals surface area contributed by atoms with Crippen molar-refractivity contribution in [3.63, 3.8) is 0 Å². The third kappa shape index (κ3) is 3.64. The Hall–Kier alpha value is -2.45. The van der Waals surface area contributed by atoms with Crippen molar-refractivity contribution < 1.29 is 4.42 Å². The molecule has 0 unspecified atom stereocenters. The maximum atomic E-state index is 5.82. The van der Waals surface area contributed by atoms with E-state index in [4.69, 9.17) is 4.42 Å². The van der Waals surface area contributed by atoms with Crippen molar-refractivity contribution in [3.8, 4) is 22.8 Å². The molecule has 0 aliphatic rings. The number of thioether (sulfide) groups is 1. The van der Waals surface area contributed by atoms with Gasteiger partial charge in [-0.1, -0.05) is 52.0 Å². The molecule has 0 bridgehead atoms. The van der Waals surface area contributed by atoms with E-state index in [0.717, 1.165) is 21.5 Å². The number of pyridine rings is 1. The van der Waals surface area contributed by atoms with Gasteiger partial charge in [-0.2, -0.15) is 4.98 Å². The summed E-state index contributed by atoms with van der Waals surface area (Å²) in [6.45, 7) is 0. The molecule has 4 rings (SSSR count). The normalized spacial score (nSPS) is 10.9. The minimum absolute atomic E-state index is 0.546. The van der Waals surface area contributed by atoms with E-state index in [1.807, 2.05) is 42.5 Å². The zero-order chi connectivity index (χ0) is 17.1. The van der Waals surface area contributed by atoms with Gasteiger partial charge in [0, 0.05) is 16.2 Å². The molecule has 0 saturated carbocycles. The summed E-state index contributed by atoms with van der Waals surface area (Å²) >= 11 is 4.97. The maximum absolute atomic E-state index is 5.82. The molecule has 0 aliphatic heterocycles. The first kappa shape index (κ1) is 16.0. The summed E-state index contributed by atoms with van der Waals surface area (Å²) in [7, 11) is 0. The fourth-order valence-corrected chi connectivity index (χ4v) is 3.35. The number of nitrogens with zero attached hydrogens (tertiary/aromatic N) is 4. The van der Waals surface area contributed by atoms with Crippen molar-refractivity contribution in [2.24, 2.45) is 0 Å². The highest BCUT2D eigenvalue weighted by atomic mass is 79.9. The molecule has 0 atom stereocenters. The molecule has 0 fully saturated rings. The molecule has 1 aromatic carbocycles. The van der Waals surface area contributed by atoms with Crippen LogP contribution >= 0.6 is 27.7 Å². The van der Waals surface area contributed by atoms with Gasteiger partial charge in [0.05, 0.1) is 11.9 Å². The molecule has 4 aromatic rings. The zero-order valence-electron chi connectivity index (χ0n) is 12.9. The lowest BCUT2D eigenvalue weighted by atomic mass is 10.2. The summed E-state index contributed by atoms with van der Waals surface area (Å²) < 4.78 is 6.80. The third-order valence-corrected chi connectivity index (χ3v) is 4.91. The number of rotatable bonds is 5. The van der Waals surface area contributed by atoms with Gasteiger partial charge in [-0.25, -0.2) is 4.98 Å². The summed E-state index contributed by atoms with van der Waals surface area (Å²) in [6.07, 6.45) is 3.45. The van der Waals surface area contributed by atoms with Gasteiger partial charge in [0.2, 0.25) is 11.0 Å². The standard InChI is InChI=1S/C17H12BrN5OS/c18-12-6-2-1-5-11(12)14-9-20-15(24-14)10-25-17-21-16(22-23-17)13-7-3-4-8-19-13/h1-9H,10H2,(H,21,22,23). The number of halogens is 1. The van der Waals surface area contributed by atoms with Crippen LogP contribution in [0.4, 0.5) is 0 Å². The topological polar surface area (TPSA) is 80.5 Å². The minimum Gasteiger partial charge on any atom is -0.440 e. The van der Waals surface area contributed by atoms with Gasteiger partial charge in [-0.3, -0.25) is 10.1 Å². The molecule has 0 aliphatic carbocycles. The second kappa shape index (κ2) is 7.20. The number of H-pyrrole nitrogens is 1. The van der Waals surface area contributed by atoms with E-state index in [0.29, 0.717) is 22.6 Å². The predicted molar refractivity (Wildman–Crippen MR) is 98.8 cm³/mol. The Morgan fingerprint density at radius 2 is 1.96 bits per heavy atom. The summed E-state index contributed by atoms with van der Waals surface area (Å²) in [5, 5.41) is 7.72. The molecule has 0 spiro atoms. The van der Waals surface area contributed by atoms with Gasteiger partial charge in [0.15, 0.2) is 11.6 Å². The van der Waals surface area contributed by atoms with Crippen LogP contribution in [0.5, 0.6) is 0 Å². The average molecular weight is 414 g/mol. The van der Waals surface area contributed by atoms with Gasteiger partial charge in [0.25, 0.3) is 0 Å². The average Bonchev–Trinajstić information content (AvgIpc) is 3.31. The highest BCUT2D eigenvalue weighted by Crippen LogP contribution is 2.29. The van der Waals surface area contributed by atoms with E-state index in [9.17, 15) is 0 Å². The quantitative estimate of drug-likeness (QED) is 0.482. The van der Waals surface area contributed by atoms with E-state index in [1.54, 1.807) is 12.4 Å². The Kier molecular flexibility index (Phi) is 4.62. The van der Waals surface area contributed by atoms with Crippen LogP contribution in [0.2, 0.25) is 0 Å². The SMILES string of the molecule is Brc1ccccc1-c1cnc(CSc2n[nH]c(-c3ccccn3)n2)o1. The summed E-state index contributed by atoms with van der Waals surface area (Å²) in [5.74, 6) is 2.54. The van der Waals surface area contributed by atoms with Crippen molar-refractivity contribution in [1.82, 2.24) is 25.1 Å². The molecule has 3 heterocycles. The highest BCUT2D eigenvalue weighted by molar-refractivity contribution is 9.10. The minimum atomic E-state index is 0.546. The number of benzene rings is 1. The molecule has 25 heavy (non-hydrogen) atoms. The Balaban J connectivity index is 1.44. The van der Waals surface area contributed by atoms with Gasteiger partial charge in [-0.05, 0) is 18.2 Å². The van der Waals surface area contributed by atoms with E-state index in [1.165, 1.54) is 11.8 Å². The maximum Gasteiger partial charge on any atom is 0.209 e. The van der Waals surface area contributed by atoms with Gasteiger partial charge < -0.3 is 4.42 Å². The molecule has 6 nitrogen and oxygen atoms in total. The largest absolute Gasteiger partial charge is 0.440 e. The number of hydrogen-bond donors (Lipinski definition) is 1. The predicted octanol–water partition coefficient (Wildman–Crippen LogP) is 4.58. The Morgan fingerprint density at radius 3 is 2.80 bits per heavy atom. The van der Waals surface area contributed by atoms with Crippen LogP contribution in [-0.4, -0.2) is 25.1 Å². The first-order valence-electron chi connectivity index (χ1n) is 7.46. The zero-order valence-corrected chi connectivity index (χ0v) is 15.3. The fraction of sp³-hybridized carbons (Fsp3) is 0.0588. The van der Waals surface area contributed by atoms with Crippen molar-refractivity contribution >= 4 is 27.7 Å². The van der Waals surface area contributed by atoms with E-state index in [2.05, 4.69) is 41.1 Å². The number of hydrogen-bond acceptors (Lipinski definition) is 6. The van der Waals surface area contributed by atoms with Crippen LogP contribution in [-0.2, 0) is 5.75 Å². The number of oxazole rings is 1. The van der Waals surface area contributed by atoms with Crippen molar-refractivity contribution in [3.05, 3.63) is 65.2 Å². The first-order valence-corrected chi connectivity index (χ1v) is 9.23. The van der Waals surface area contributed by atoms with Crippen LogP contribution in [0.15, 0.2) is 68.9 Å². The monoisotopic (exact) mass is 413 g/mol. The molecule has 8 heteroatoms. The van der Waals surface area contributed by atoms with Crippen LogP contribution in [0.25, 0.3) is 22.8 Å². The number of nitrogens with one attached hydrogen (secondary N) is 1. The van der Waals surface area contributed by atoms with Gasteiger partial charge >= 0.3 is 0 Å². The molecular formula is C17H12BrN5OS. The molecule has 124 valence electrons. The van der Waals surface area contributed by atoms with Crippen LogP contribution < -0.4 is 0 Å². The van der Waals surface area contributed by atoms with Gasteiger partial charge in [0.1, 0.15) is 5.69 Å². The smallest absolute Gasteiger partial charge is 0.209 e. The summed E-state index contributed by atoms with van der Waals surface area (Å²) in [6, 6.07) is 13.5. The molecule has 0 saturated heterocycles. The van der Waals surface area contributed by atoms with Crippen LogP contribution in [0, 0.1) is 0 Å². The second-order valence-electron chi connectivity index (χ2n) is 5.07. The molecule has 0 amide bonds. The van der Waals surface area contributed by atoms with Gasteiger partial charge in [-0.15, -0.1) is 5.10 Å². The van der Waals surface area contributed by atoms with E-state index >= 15 is 0 Å². The number of aromatic nitrogens is 5. The molecule has 3 aromatic heterocycles. The Bertz CT molecular complexity index is 985. The lowest BCUT2D eigenvalue weighted by Crippen LogP contribution is -1.84. The molecule has 1 N–H and O–H groups in total. The molecule has 0 radical (unpaired) electrons. The Labute approximate surface area is 156 Å². The van der Waals surface area contributed by atoms with Crippen LogP contribution in [0.3, 0.4) is 0 Å². The molecular weight excluding hydrogens is 402 g/mol. The summed E-state index contributed by atoms with van der Waals surface area (Å²) in [5.41, 5.74) is 1.73. The lowest BCUT2D eigenvalue weighted by molar-refractivity contribution is 0.529. The summed E-state index contributed by atoms with van der Waals surface area (Å²) in [4.78, 5) is 13.0. The highest BCUT2D eigenvalue weighted by Gasteiger charge is 2.12. The second-order valence-corrected chi connectivity index (χ2v) is 6.87.